The van der Waals surface area contributed by atoms with E-state index in [1.807, 2.05) is 19.2 Å². The van der Waals surface area contributed by atoms with Crippen LogP contribution in [0.1, 0.15) is 29.1 Å². The Morgan fingerprint density at radius 1 is 1.26 bits per heavy atom. The fraction of sp³-hybridized carbons (Fsp3) is 0.467. The first-order valence-electron chi connectivity index (χ1n) is 6.79. The molecule has 2 aromatic rings. The van der Waals surface area contributed by atoms with Crippen molar-refractivity contribution in [3.05, 3.63) is 47.0 Å². The van der Waals surface area contributed by atoms with Gasteiger partial charge in [-0.3, -0.25) is 9.67 Å². The molecule has 2 aromatic heterocycles. The van der Waals surface area contributed by atoms with Crippen molar-refractivity contribution >= 4 is 0 Å². The van der Waals surface area contributed by atoms with E-state index in [1.54, 1.807) is 0 Å². The number of aryl methyl sites for hydroxylation is 4. The molecule has 0 unspecified atom stereocenters. The molecule has 2 rings (SSSR count). The molecule has 0 saturated heterocycles. The molecule has 0 spiro atoms. The first-order chi connectivity index (χ1) is 9.16. The van der Waals surface area contributed by atoms with Gasteiger partial charge in [-0.05, 0) is 51.4 Å². The summed E-state index contributed by atoms with van der Waals surface area (Å²) in [6, 6.07) is 6.19. The van der Waals surface area contributed by atoms with E-state index in [9.17, 15) is 0 Å². The SMILES string of the molecule is Cc1cc(C)n(CCCNCc2ncccc2C)n1. The summed E-state index contributed by atoms with van der Waals surface area (Å²) in [6.07, 6.45) is 2.92. The number of hydrogen-bond donors (Lipinski definition) is 1. The van der Waals surface area contributed by atoms with Crippen LogP contribution in [0.2, 0.25) is 0 Å². The summed E-state index contributed by atoms with van der Waals surface area (Å²) in [5, 5.41) is 7.89. The van der Waals surface area contributed by atoms with E-state index < -0.39 is 0 Å². The molecule has 0 aromatic carbocycles. The van der Waals surface area contributed by atoms with Gasteiger partial charge in [0.25, 0.3) is 0 Å². The van der Waals surface area contributed by atoms with Gasteiger partial charge >= 0.3 is 0 Å². The molecule has 0 aliphatic carbocycles. The van der Waals surface area contributed by atoms with Gasteiger partial charge in [0, 0.05) is 25.0 Å². The highest BCUT2D eigenvalue weighted by Crippen LogP contribution is 2.03. The summed E-state index contributed by atoms with van der Waals surface area (Å²) in [5.74, 6) is 0. The van der Waals surface area contributed by atoms with E-state index in [2.05, 4.69) is 46.1 Å². The lowest BCUT2D eigenvalue weighted by atomic mass is 10.2. The molecule has 1 N–H and O–H groups in total. The molecule has 2 heterocycles. The highest BCUT2D eigenvalue weighted by molar-refractivity contribution is 5.17. The minimum Gasteiger partial charge on any atom is -0.311 e. The van der Waals surface area contributed by atoms with Crippen LogP contribution >= 0.6 is 0 Å². The summed E-state index contributed by atoms with van der Waals surface area (Å²) < 4.78 is 2.07. The van der Waals surface area contributed by atoms with E-state index in [0.29, 0.717) is 0 Å². The predicted molar refractivity (Wildman–Crippen MR) is 77.0 cm³/mol. The van der Waals surface area contributed by atoms with E-state index in [1.165, 1.54) is 11.3 Å². The molecule has 0 radical (unpaired) electrons. The molecule has 0 atom stereocenters. The molecule has 0 saturated carbocycles. The van der Waals surface area contributed by atoms with Crippen LogP contribution in [0, 0.1) is 20.8 Å². The lowest BCUT2D eigenvalue weighted by molar-refractivity contribution is 0.530. The number of nitrogens with zero attached hydrogens (tertiary/aromatic N) is 3. The summed E-state index contributed by atoms with van der Waals surface area (Å²) in [7, 11) is 0. The minimum absolute atomic E-state index is 0.837. The monoisotopic (exact) mass is 258 g/mol. The lowest BCUT2D eigenvalue weighted by Crippen LogP contribution is -2.18. The van der Waals surface area contributed by atoms with E-state index in [4.69, 9.17) is 0 Å². The van der Waals surface area contributed by atoms with Gasteiger partial charge in [0.1, 0.15) is 0 Å². The Balaban J connectivity index is 1.70. The molecule has 0 bridgehead atoms. The Morgan fingerprint density at radius 2 is 2.11 bits per heavy atom. The number of nitrogens with one attached hydrogen (secondary N) is 1. The van der Waals surface area contributed by atoms with E-state index in [-0.39, 0.29) is 0 Å². The van der Waals surface area contributed by atoms with Crippen molar-refractivity contribution in [1.29, 1.82) is 0 Å². The molecule has 0 amide bonds. The Kier molecular flexibility index (Phi) is 4.68. The van der Waals surface area contributed by atoms with Crippen LogP contribution in [0.3, 0.4) is 0 Å². The summed E-state index contributed by atoms with van der Waals surface area (Å²) >= 11 is 0. The molecule has 102 valence electrons. The Bertz CT molecular complexity index is 531. The maximum atomic E-state index is 4.46. The van der Waals surface area contributed by atoms with Crippen LogP contribution in [-0.2, 0) is 13.1 Å². The maximum Gasteiger partial charge on any atom is 0.0596 e. The second-order valence-electron chi connectivity index (χ2n) is 4.95. The van der Waals surface area contributed by atoms with Crippen molar-refractivity contribution in [2.75, 3.05) is 6.54 Å². The van der Waals surface area contributed by atoms with Crippen LogP contribution in [0.15, 0.2) is 24.4 Å². The number of pyridine rings is 1. The molecule has 19 heavy (non-hydrogen) atoms. The van der Waals surface area contributed by atoms with Crippen molar-refractivity contribution in [3.8, 4) is 0 Å². The zero-order valence-corrected chi connectivity index (χ0v) is 12.0. The number of aromatic nitrogens is 3. The highest BCUT2D eigenvalue weighted by atomic mass is 15.3. The summed E-state index contributed by atoms with van der Waals surface area (Å²) in [4.78, 5) is 4.37. The third-order valence-electron chi connectivity index (χ3n) is 3.24. The van der Waals surface area contributed by atoms with E-state index in [0.717, 1.165) is 37.4 Å². The lowest BCUT2D eigenvalue weighted by Gasteiger charge is -2.07. The normalized spacial score (nSPS) is 10.9. The largest absolute Gasteiger partial charge is 0.311 e. The van der Waals surface area contributed by atoms with Gasteiger partial charge < -0.3 is 5.32 Å². The molecular weight excluding hydrogens is 236 g/mol. The average Bonchev–Trinajstić information content (AvgIpc) is 2.70. The highest BCUT2D eigenvalue weighted by Gasteiger charge is 2.01. The van der Waals surface area contributed by atoms with Gasteiger partial charge in [0.05, 0.1) is 11.4 Å². The van der Waals surface area contributed by atoms with Crippen LogP contribution in [0.4, 0.5) is 0 Å². The smallest absolute Gasteiger partial charge is 0.0596 e. The molecule has 0 aliphatic rings. The Hall–Kier alpha value is -1.68. The van der Waals surface area contributed by atoms with Crippen LogP contribution in [-0.4, -0.2) is 21.3 Å². The Labute approximate surface area is 114 Å². The van der Waals surface area contributed by atoms with Crippen LogP contribution in [0.25, 0.3) is 0 Å². The third kappa shape index (κ3) is 3.89. The fourth-order valence-corrected chi connectivity index (χ4v) is 2.17. The van der Waals surface area contributed by atoms with Crippen molar-refractivity contribution in [3.63, 3.8) is 0 Å². The minimum atomic E-state index is 0.837. The quantitative estimate of drug-likeness (QED) is 0.809. The summed E-state index contributed by atoms with van der Waals surface area (Å²) in [6.45, 7) is 9.02. The third-order valence-corrected chi connectivity index (χ3v) is 3.24. The van der Waals surface area contributed by atoms with Gasteiger partial charge in [0.15, 0.2) is 0 Å². The zero-order valence-electron chi connectivity index (χ0n) is 12.0. The Morgan fingerprint density at radius 3 is 2.79 bits per heavy atom. The molecular formula is C15H22N4. The van der Waals surface area contributed by atoms with Crippen LogP contribution < -0.4 is 5.32 Å². The molecule has 4 nitrogen and oxygen atoms in total. The predicted octanol–water partition coefficient (Wildman–Crippen LogP) is 2.38. The topological polar surface area (TPSA) is 42.7 Å². The van der Waals surface area contributed by atoms with Gasteiger partial charge in [-0.25, -0.2) is 0 Å². The molecule has 4 heteroatoms. The standard InChI is InChI=1S/C15H22N4/c1-12-6-4-8-17-15(12)11-16-7-5-9-19-14(3)10-13(2)18-19/h4,6,8,10,16H,5,7,9,11H2,1-3H3. The number of rotatable bonds is 6. The zero-order chi connectivity index (χ0) is 13.7. The fourth-order valence-electron chi connectivity index (χ4n) is 2.17. The second-order valence-corrected chi connectivity index (χ2v) is 4.95. The number of hydrogen-bond acceptors (Lipinski definition) is 3. The van der Waals surface area contributed by atoms with Crippen molar-refractivity contribution < 1.29 is 0 Å². The van der Waals surface area contributed by atoms with Gasteiger partial charge in [-0.1, -0.05) is 6.07 Å². The second kappa shape index (κ2) is 6.48. The van der Waals surface area contributed by atoms with Crippen molar-refractivity contribution in [2.24, 2.45) is 0 Å². The van der Waals surface area contributed by atoms with Crippen molar-refractivity contribution in [2.45, 2.75) is 40.3 Å². The van der Waals surface area contributed by atoms with E-state index >= 15 is 0 Å². The summed E-state index contributed by atoms with van der Waals surface area (Å²) in [5.41, 5.74) is 4.70. The molecule has 0 aliphatic heterocycles. The maximum absolute atomic E-state index is 4.46. The average molecular weight is 258 g/mol. The van der Waals surface area contributed by atoms with Crippen molar-refractivity contribution in [1.82, 2.24) is 20.1 Å². The molecule has 0 fully saturated rings. The van der Waals surface area contributed by atoms with Crippen LogP contribution in [0.5, 0.6) is 0 Å². The van der Waals surface area contributed by atoms with Gasteiger partial charge in [0.2, 0.25) is 0 Å². The first kappa shape index (κ1) is 13.7. The van der Waals surface area contributed by atoms with Gasteiger partial charge in [-0.2, -0.15) is 5.10 Å². The first-order valence-corrected chi connectivity index (χ1v) is 6.79. The van der Waals surface area contributed by atoms with Gasteiger partial charge in [-0.15, -0.1) is 0 Å².